The van der Waals surface area contributed by atoms with E-state index in [0.717, 1.165) is 24.8 Å². The van der Waals surface area contributed by atoms with Crippen molar-refractivity contribution in [1.82, 2.24) is 14.9 Å². The van der Waals surface area contributed by atoms with Crippen molar-refractivity contribution in [1.29, 1.82) is 0 Å². The quantitative estimate of drug-likeness (QED) is 0.811. The van der Waals surface area contributed by atoms with Crippen LogP contribution in [0.4, 0.5) is 4.39 Å². The molecule has 0 aromatic heterocycles. The molecule has 0 saturated carbocycles. The smallest absolute Gasteiger partial charge is 0.237 e. The Bertz CT molecular complexity index is 702. The highest BCUT2D eigenvalue weighted by Gasteiger charge is 2.40. The zero-order chi connectivity index (χ0) is 17.9. The molecule has 25 heavy (non-hydrogen) atoms. The number of benzene rings is 1. The summed E-state index contributed by atoms with van der Waals surface area (Å²) in [6, 6.07) is 5.40. The van der Waals surface area contributed by atoms with Crippen LogP contribution in [0.25, 0.3) is 0 Å². The molecule has 2 N–H and O–H groups in total. The standard InChI is InChI=1S/C17H24FN3O3S/c18-14-6-4-13(5-7-14)11-20-17(22)16-10-15(12-19-16)25(23,24)21-8-2-1-3-9-21/h4-7,15-16,19H,1-3,8-12H2,(H,20,22). The lowest BCUT2D eigenvalue weighted by Crippen LogP contribution is -2.42. The van der Waals surface area contributed by atoms with E-state index in [1.165, 1.54) is 12.1 Å². The summed E-state index contributed by atoms with van der Waals surface area (Å²) in [4.78, 5) is 12.3. The summed E-state index contributed by atoms with van der Waals surface area (Å²) in [5.41, 5.74) is 0.797. The highest BCUT2D eigenvalue weighted by atomic mass is 32.2. The number of carbonyl (C=O) groups is 1. The lowest BCUT2D eigenvalue weighted by atomic mass is 10.2. The number of nitrogens with zero attached hydrogens (tertiary/aromatic N) is 1. The van der Waals surface area contributed by atoms with Crippen molar-refractivity contribution in [2.24, 2.45) is 0 Å². The van der Waals surface area contributed by atoms with Gasteiger partial charge in [-0.25, -0.2) is 17.1 Å². The molecule has 0 bridgehead atoms. The number of hydrogen-bond acceptors (Lipinski definition) is 4. The van der Waals surface area contributed by atoms with Gasteiger partial charge in [0.2, 0.25) is 15.9 Å². The summed E-state index contributed by atoms with van der Waals surface area (Å²) in [5.74, 6) is -0.543. The van der Waals surface area contributed by atoms with E-state index in [0.29, 0.717) is 26.2 Å². The maximum Gasteiger partial charge on any atom is 0.237 e. The molecule has 8 heteroatoms. The normalized spacial score (nSPS) is 25.0. The molecule has 0 spiro atoms. The maximum absolute atomic E-state index is 12.9. The zero-order valence-electron chi connectivity index (χ0n) is 14.1. The van der Waals surface area contributed by atoms with Crippen molar-refractivity contribution >= 4 is 15.9 Å². The summed E-state index contributed by atoms with van der Waals surface area (Å²) in [7, 11) is -3.35. The SMILES string of the molecule is O=C(NCc1ccc(F)cc1)C1CC(S(=O)(=O)N2CCCCC2)CN1. The monoisotopic (exact) mass is 369 g/mol. The van der Waals surface area contributed by atoms with Gasteiger partial charge in [-0.1, -0.05) is 18.6 Å². The summed E-state index contributed by atoms with van der Waals surface area (Å²) in [6.45, 7) is 1.76. The van der Waals surface area contributed by atoms with Gasteiger partial charge in [0.15, 0.2) is 0 Å². The molecule has 2 saturated heterocycles. The van der Waals surface area contributed by atoms with Crippen molar-refractivity contribution in [2.75, 3.05) is 19.6 Å². The van der Waals surface area contributed by atoms with Crippen LogP contribution in [0.2, 0.25) is 0 Å². The Labute approximate surface area is 147 Å². The van der Waals surface area contributed by atoms with Gasteiger partial charge in [0.25, 0.3) is 0 Å². The van der Waals surface area contributed by atoms with Crippen LogP contribution in [0.15, 0.2) is 24.3 Å². The third kappa shape index (κ3) is 4.37. The van der Waals surface area contributed by atoms with Crippen LogP contribution in [0, 0.1) is 5.82 Å². The van der Waals surface area contributed by atoms with E-state index < -0.39 is 21.3 Å². The van der Waals surface area contributed by atoms with Crippen LogP contribution >= 0.6 is 0 Å². The Balaban J connectivity index is 1.53. The highest BCUT2D eigenvalue weighted by Crippen LogP contribution is 2.22. The van der Waals surface area contributed by atoms with E-state index in [9.17, 15) is 17.6 Å². The first-order chi connectivity index (χ1) is 12.0. The van der Waals surface area contributed by atoms with Crippen LogP contribution in [0.1, 0.15) is 31.2 Å². The van der Waals surface area contributed by atoms with Crippen molar-refractivity contribution in [3.63, 3.8) is 0 Å². The average molecular weight is 369 g/mol. The van der Waals surface area contributed by atoms with Gasteiger partial charge >= 0.3 is 0 Å². The number of hydrogen-bond donors (Lipinski definition) is 2. The molecule has 2 aliphatic rings. The number of rotatable bonds is 5. The van der Waals surface area contributed by atoms with Gasteiger partial charge in [0, 0.05) is 26.2 Å². The second-order valence-electron chi connectivity index (χ2n) is 6.67. The number of carbonyl (C=O) groups excluding carboxylic acids is 1. The molecule has 0 aliphatic carbocycles. The van der Waals surface area contributed by atoms with Gasteiger partial charge in [0.1, 0.15) is 5.82 Å². The van der Waals surface area contributed by atoms with Gasteiger partial charge in [-0.2, -0.15) is 0 Å². The van der Waals surface area contributed by atoms with E-state index in [-0.39, 0.29) is 18.1 Å². The Morgan fingerprint density at radius 2 is 1.88 bits per heavy atom. The zero-order valence-corrected chi connectivity index (χ0v) is 14.9. The van der Waals surface area contributed by atoms with E-state index in [1.807, 2.05) is 0 Å². The molecule has 2 unspecified atom stereocenters. The third-order valence-electron chi connectivity index (χ3n) is 4.88. The predicted molar refractivity (Wildman–Crippen MR) is 92.8 cm³/mol. The Morgan fingerprint density at radius 3 is 2.56 bits per heavy atom. The average Bonchev–Trinajstić information content (AvgIpc) is 3.13. The molecule has 3 rings (SSSR count). The number of halogens is 1. The molecule has 6 nitrogen and oxygen atoms in total. The minimum Gasteiger partial charge on any atom is -0.351 e. The van der Waals surface area contributed by atoms with Crippen molar-refractivity contribution in [2.45, 2.75) is 43.5 Å². The van der Waals surface area contributed by atoms with Crippen LogP contribution < -0.4 is 10.6 Å². The molecule has 2 aliphatic heterocycles. The van der Waals surface area contributed by atoms with Crippen LogP contribution in [0.5, 0.6) is 0 Å². The van der Waals surface area contributed by atoms with Gasteiger partial charge < -0.3 is 10.6 Å². The molecular weight excluding hydrogens is 345 g/mol. The summed E-state index contributed by atoms with van der Waals surface area (Å²) in [6.07, 6.45) is 3.17. The number of amides is 1. The summed E-state index contributed by atoms with van der Waals surface area (Å²) in [5, 5.41) is 5.25. The van der Waals surface area contributed by atoms with Gasteiger partial charge in [-0.3, -0.25) is 4.79 Å². The number of sulfonamides is 1. The predicted octanol–water partition coefficient (Wildman–Crippen LogP) is 0.988. The summed E-state index contributed by atoms with van der Waals surface area (Å²) >= 11 is 0. The first-order valence-electron chi connectivity index (χ1n) is 8.71. The molecule has 1 aromatic rings. The lowest BCUT2D eigenvalue weighted by Gasteiger charge is -2.28. The largest absolute Gasteiger partial charge is 0.351 e. The second-order valence-corrected chi connectivity index (χ2v) is 8.88. The summed E-state index contributed by atoms with van der Waals surface area (Å²) < 4.78 is 39.8. The molecule has 138 valence electrons. The molecular formula is C17H24FN3O3S. The van der Waals surface area contributed by atoms with Crippen LogP contribution in [-0.4, -0.2) is 49.6 Å². The van der Waals surface area contributed by atoms with Crippen molar-refractivity contribution in [3.8, 4) is 0 Å². The van der Waals surface area contributed by atoms with Gasteiger partial charge in [-0.15, -0.1) is 0 Å². The molecule has 2 heterocycles. The minimum absolute atomic E-state index is 0.222. The van der Waals surface area contributed by atoms with Crippen LogP contribution in [-0.2, 0) is 21.4 Å². The van der Waals surface area contributed by atoms with Gasteiger partial charge in [-0.05, 0) is 37.0 Å². The van der Waals surface area contributed by atoms with E-state index >= 15 is 0 Å². The van der Waals surface area contributed by atoms with Crippen molar-refractivity contribution in [3.05, 3.63) is 35.6 Å². The Morgan fingerprint density at radius 1 is 1.20 bits per heavy atom. The molecule has 1 amide bonds. The fraction of sp³-hybridized carbons (Fsp3) is 0.588. The number of nitrogens with one attached hydrogen (secondary N) is 2. The van der Waals surface area contributed by atoms with E-state index in [1.54, 1.807) is 16.4 Å². The van der Waals surface area contributed by atoms with Crippen LogP contribution in [0.3, 0.4) is 0 Å². The Kier molecular flexibility index (Phi) is 5.71. The van der Waals surface area contributed by atoms with Gasteiger partial charge in [0.05, 0.1) is 11.3 Å². The fourth-order valence-electron chi connectivity index (χ4n) is 3.37. The van der Waals surface area contributed by atoms with E-state index in [2.05, 4.69) is 10.6 Å². The number of piperidine rings is 1. The molecule has 0 radical (unpaired) electrons. The lowest BCUT2D eigenvalue weighted by molar-refractivity contribution is -0.122. The van der Waals surface area contributed by atoms with E-state index in [4.69, 9.17) is 0 Å². The van der Waals surface area contributed by atoms with Crippen molar-refractivity contribution < 1.29 is 17.6 Å². The maximum atomic E-state index is 12.9. The Hall–Kier alpha value is -1.51. The molecule has 2 atom stereocenters. The topological polar surface area (TPSA) is 78.5 Å². The molecule has 2 fully saturated rings. The third-order valence-corrected chi connectivity index (χ3v) is 7.17. The minimum atomic E-state index is -3.35. The highest BCUT2D eigenvalue weighted by molar-refractivity contribution is 7.89. The first kappa shape index (κ1) is 18.3. The fourth-order valence-corrected chi connectivity index (χ4v) is 5.31. The molecule has 1 aromatic carbocycles. The second kappa shape index (κ2) is 7.80. The first-order valence-corrected chi connectivity index (χ1v) is 10.2.